The van der Waals surface area contributed by atoms with Gasteiger partial charge in [0.2, 0.25) is 11.3 Å². The first kappa shape index (κ1) is 14.8. The Morgan fingerprint density at radius 3 is 2.77 bits per heavy atom. The summed E-state index contributed by atoms with van der Waals surface area (Å²) in [5.74, 6) is 1.28. The van der Waals surface area contributed by atoms with Crippen LogP contribution in [0, 0.1) is 6.92 Å². The number of nitrogens with one attached hydrogen (secondary N) is 1. The molecule has 1 aromatic carbocycles. The van der Waals surface area contributed by atoms with Crippen molar-refractivity contribution in [3.05, 3.63) is 41.9 Å². The molecule has 1 aliphatic heterocycles. The molecule has 1 atom stereocenters. The molecule has 1 N–H and O–H groups in total. The average molecular weight is 318 g/mol. The van der Waals surface area contributed by atoms with Crippen LogP contribution in [-0.2, 0) is 16.0 Å². The smallest absolute Gasteiger partial charge is 0.289 e. The number of hydrogen-bond donors (Lipinski definition) is 1. The Kier molecular flexibility index (Phi) is 4.26. The maximum Gasteiger partial charge on any atom is 0.289 e. The third-order valence-corrected chi connectivity index (χ3v) is 3.85. The van der Waals surface area contributed by atoms with Gasteiger partial charge < -0.3 is 14.5 Å². The fraction of sp³-hybridized carbons (Fsp3) is 0.267. The van der Waals surface area contributed by atoms with Crippen molar-refractivity contribution in [2.24, 2.45) is 0 Å². The zero-order valence-corrected chi connectivity index (χ0v) is 12.7. The zero-order valence-electron chi connectivity index (χ0n) is 11.9. The van der Waals surface area contributed by atoms with Gasteiger partial charge in [-0.15, -0.1) is 0 Å². The molecule has 0 aliphatic carbocycles. The molecule has 2 heterocycles. The van der Waals surface area contributed by atoms with Gasteiger partial charge in [-0.05, 0) is 6.92 Å². The first-order chi connectivity index (χ1) is 10.6. The number of benzene rings is 1. The highest BCUT2D eigenvalue weighted by molar-refractivity contribution is 8.26. The van der Waals surface area contributed by atoms with Gasteiger partial charge in [0.05, 0.1) is 12.3 Å². The molecule has 1 unspecified atom stereocenters. The molecule has 3 rings (SSSR count). The van der Waals surface area contributed by atoms with E-state index in [2.05, 4.69) is 10.3 Å². The van der Waals surface area contributed by atoms with E-state index in [9.17, 15) is 9.59 Å². The quantitative estimate of drug-likeness (QED) is 0.912. The molecule has 114 valence electrons. The highest BCUT2D eigenvalue weighted by atomic mass is 32.2. The third kappa shape index (κ3) is 3.20. The number of ether oxygens (including phenoxy) is 1. The SMILES string of the molecule is Cc1nc(CCOC2NC(=O)SC2=O)oc1-c1ccccc1. The molecule has 7 heteroatoms. The van der Waals surface area contributed by atoms with Crippen LogP contribution in [0.3, 0.4) is 0 Å². The number of nitrogens with zero attached hydrogens (tertiary/aromatic N) is 1. The summed E-state index contributed by atoms with van der Waals surface area (Å²) >= 11 is 0.626. The van der Waals surface area contributed by atoms with Gasteiger partial charge in [0, 0.05) is 23.7 Å². The largest absolute Gasteiger partial charge is 0.440 e. The van der Waals surface area contributed by atoms with Gasteiger partial charge in [-0.1, -0.05) is 30.3 Å². The average Bonchev–Trinajstić information content (AvgIpc) is 3.02. The second kappa shape index (κ2) is 6.33. The molecule has 6 nitrogen and oxygen atoms in total. The van der Waals surface area contributed by atoms with Gasteiger partial charge >= 0.3 is 0 Å². The van der Waals surface area contributed by atoms with E-state index in [1.54, 1.807) is 0 Å². The summed E-state index contributed by atoms with van der Waals surface area (Å²) in [5, 5.41) is 1.73. The number of oxazole rings is 1. The van der Waals surface area contributed by atoms with E-state index in [0.717, 1.165) is 17.0 Å². The molecule has 1 fully saturated rings. The minimum Gasteiger partial charge on any atom is -0.440 e. The van der Waals surface area contributed by atoms with Crippen molar-refractivity contribution in [2.75, 3.05) is 6.61 Å². The summed E-state index contributed by atoms with van der Waals surface area (Å²) < 4.78 is 11.1. The molecule has 0 saturated carbocycles. The van der Waals surface area contributed by atoms with Crippen LogP contribution in [0.15, 0.2) is 34.7 Å². The topological polar surface area (TPSA) is 81.4 Å². The van der Waals surface area contributed by atoms with Crippen molar-refractivity contribution >= 4 is 22.1 Å². The maximum atomic E-state index is 11.4. The van der Waals surface area contributed by atoms with Crippen molar-refractivity contribution in [2.45, 2.75) is 19.6 Å². The van der Waals surface area contributed by atoms with Gasteiger partial charge in [0.25, 0.3) is 5.24 Å². The second-order valence-corrected chi connectivity index (χ2v) is 5.72. The number of carbonyl (C=O) groups is 2. The molecule has 0 radical (unpaired) electrons. The van der Waals surface area contributed by atoms with Crippen molar-refractivity contribution < 1.29 is 18.7 Å². The summed E-state index contributed by atoms with van der Waals surface area (Å²) in [6, 6.07) is 9.72. The first-order valence-electron chi connectivity index (χ1n) is 6.79. The van der Waals surface area contributed by atoms with E-state index in [1.165, 1.54) is 0 Å². The van der Waals surface area contributed by atoms with E-state index in [4.69, 9.17) is 9.15 Å². The fourth-order valence-corrected chi connectivity index (χ4v) is 2.71. The molecule has 1 amide bonds. The number of thioether (sulfide) groups is 1. The summed E-state index contributed by atoms with van der Waals surface area (Å²) in [6.07, 6.45) is -0.444. The predicted octanol–water partition coefficient (Wildman–Crippen LogP) is 2.52. The molecule has 2 aromatic rings. The Bertz CT molecular complexity index is 699. The Morgan fingerprint density at radius 1 is 1.32 bits per heavy atom. The van der Waals surface area contributed by atoms with Crippen LogP contribution in [0.25, 0.3) is 11.3 Å². The van der Waals surface area contributed by atoms with Crippen molar-refractivity contribution in [3.8, 4) is 11.3 Å². The molecule has 1 aromatic heterocycles. The van der Waals surface area contributed by atoms with Crippen LogP contribution in [-0.4, -0.2) is 28.2 Å². The summed E-state index contributed by atoms with van der Waals surface area (Å²) in [6.45, 7) is 2.12. The van der Waals surface area contributed by atoms with Crippen LogP contribution in [0.4, 0.5) is 4.79 Å². The Hall–Kier alpha value is -2.12. The molecular weight excluding hydrogens is 304 g/mol. The summed E-state index contributed by atoms with van der Waals surface area (Å²) in [7, 11) is 0. The first-order valence-corrected chi connectivity index (χ1v) is 7.60. The maximum absolute atomic E-state index is 11.4. The van der Waals surface area contributed by atoms with Gasteiger partial charge in [0.15, 0.2) is 11.7 Å². The highest BCUT2D eigenvalue weighted by Gasteiger charge is 2.32. The molecular formula is C15H14N2O4S. The Labute approximate surface area is 131 Å². The fourth-order valence-electron chi connectivity index (χ4n) is 2.13. The molecule has 1 saturated heterocycles. The van der Waals surface area contributed by atoms with Gasteiger partial charge in [-0.3, -0.25) is 9.59 Å². The lowest BCUT2D eigenvalue weighted by Crippen LogP contribution is -2.32. The number of carbonyl (C=O) groups excluding carboxylic acids is 2. The monoisotopic (exact) mass is 318 g/mol. The number of amides is 1. The minimum atomic E-state index is -0.873. The standard InChI is InChI=1S/C15H14N2O4S/c1-9-12(10-5-3-2-4-6-10)21-11(16-9)7-8-20-13-14(18)22-15(19)17-13/h2-6,13H,7-8H2,1H3,(H,17,19). The Morgan fingerprint density at radius 2 is 2.09 bits per heavy atom. The molecule has 22 heavy (non-hydrogen) atoms. The molecule has 0 spiro atoms. The Balaban J connectivity index is 1.60. The van der Waals surface area contributed by atoms with E-state index in [0.29, 0.717) is 24.1 Å². The molecule has 1 aliphatic rings. The number of hydrogen-bond acceptors (Lipinski definition) is 6. The van der Waals surface area contributed by atoms with Gasteiger partial charge in [-0.25, -0.2) is 4.98 Å². The van der Waals surface area contributed by atoms with Crippen LogP contribution in [0.1, 0.15) is 11.6 Å². The second-order valence-electron chi connectivity index (χ2n) is 4.74. The number of aryl methyl sites for hydroxylation is 1. The van der Waals surface area contributed by atoms with Crippen LogP contribution < -0.4 is 5.32 Å². The van der Waals surface area contributed by atoms with E-state index in [1.807, 2.05) is 37.3 Å². The lowest BCUT2D eigenvalue weighted by molar-refractivity contribution is -0.121. The van der Waals surface area contributed by atoms with Gasteiger partial charge in [-0.2, -0.15) is 0 Å². The van der Waals surface area contributed by atoms with Crippen molar-refractivity contribution in [1.82, 2.24) is 10.3 Å². The van der Waals surface area contributed by atoms with Crippen LogP contribution >= 0.6 is 11.8 Å². The lowest BCUT2D eigenvalue weighted by atomic mass is 10.1. The van der Waals surface area contributed by atoms with E-state index in [-0.39, 0.29) is 17.0 Å². The number of rotatable bonds is 5. The van der Waals surface area contributed by atoms with Crippen LogP contribution in [0.2, 0.25) is 0 Å². The predicted molar refractivity (Wildman–Crippen MR) is 81.2 cm³/mol. The minimum absolute atomic E-state index is 0.241. The zero-order chi connectivity index (χ0) is 15.5. The van der Waals surface area contributed by atoms with Gasteiger partial charge in [0.1, 0.15) is 0 Å². The van der Waals surface area contributed by atoms with Crippen LogP contribution in [0.5, 0.6) is 0 Å². The highest BCUT2D eigenvalue weighted by Crippen LogP contribution is 2.24. The van der Waals surface area contributed by atoms with E-state index >= 15 is 0 Å². The number of aromatic nitrogens is 1. The third-order valence-electron chi connectivity index (χ3n) is 3.13. The summed E-state index contributed by atoms with van der Waals surface area (Å²) in [4.78, 5) is 26.8. The van der Waals surface area contributed by atoms with Crippen molar-refractivity contribution in [3.63, 3.8) is 0 Å². The summed E-state index contributed by atoms with van der Waals surface area (Å²) in [5.41, 5.74) is 1.77. The molecule has 0 bridgehead atoms. The normalized spacial score (nSPS) is 17.8. The van der Waals surface area contributed by atoms with E-state index < -0.39 is 6.23 Å². The lowest BCUT2D eigenvalue weighted by Gasteiger charge is -2.07. The van der Waals surface area contributed by atoms with Crippen molar-refractivity contribution in [1.29, 1.82) is 0 Å².